The summed E-state index contributed by atoms with van der Waals surface area (Å²) in [5.41, 5.74) is 8.25. The summed E-state index contributed by atoms with van der Waals surface area (Å²) in [4.78, 5) is 4.16. The van der Waals surface area contributed by atoms with Crippen molar-refractivity contribution in [1.29, 1.82) is 0 Å². The van der Waals surface area contributed by atoms with Crippen LogP contribution in [0, 0.1) is 0 Å². The number of imidazole rings is 1. The quantitative estimate of drug-likeness (QED) is 0.895. The summed E-state index contributed by atoms with van der Waals surface area (Å²) in [6, 6.07) is 8.20. The van der Waals surface area contributed by atoms with Gasteiger partial charge in [0.1, 0.15) is 11.9 Å². The van der Waals surface area contributed by atoms with Gasteiger partial charge in [0.25, 0.3) is 0 Å². The van der Waals surface area contributed by atoms with Gasteiger partial charge in [-0.2, -0.15) is 0 Å². The van der Waals surface area contributed by atoms with Crippen molar-refractivity contribution in [2.75, 3.05) is 0 Å². The van der Waals surface area contributed by atoms with Crippen LogP contribution >= 0.6 is 0 Å². The highest BCUT2D eigenvalue weighted by atomic mass is 16.5. The molecule has 0 fully saturated rings. The number of hydrogen-bond acceptors (Lipinski definition) is 3. The maximum atomic E-state index is 5.93. The molecule has 0 saturated heterocycles. The third-order valence-corrected chi connectivity index (χ3v) is 3.33. The topological polar surface area (TPSA) is 53.1 Å². The molecule has 4 nitrogen and oxygen atoms in total. The molecule has 1 aliphatic rings. The van der Waals surface area contributed by atoms with Gasteiger partial charge in [-0.15, -0.1) is 0 Å². The van der Waals surface area contributed by atoms with Gasteiger partial charge in [0, 0.05) is 18.7 Å². The number of nitrogens with two attached hydrogens (primary N) is 1. The maximum absolute atomic E-state index is 5.93. The first kappa shape index (κ1) is 11.3. The standard InChI is InChI=1S/C14H17N3O/c1-10(15)13-7-16-9-17(13)8-12-6-11-4-2-3-5-14(11)18-12/h2-5,7,9-10,12H,6,8,15H2,1H3. The van der Waals surface area contributed by atoms with Crippen molar-refractivity contribution in [3.05, 3.63) is 48.0 Å². The Bertz CT molecular complexity index is 522. The molecule has 1 aliphatic heterocycles. The Kier molecular flexibility index (Phi) is 2.80. The summed E-state index contributed by atoms with van der Waals surface area (Å²) in [5.74, 6) is 1.00. The van der Waals surface area contributed by atoms with E-state index in [2.05, 4.69) is 21.7 Å². The predicted octanol–water partition coefficient (Wildman–Crippen LogP) is 1.91. The van der Waals surface area contributed by atoms with Gasteiger partial charge in [-0.1, -0.05) is 18.2 Å². The molecule has 0 spiro atoms. The Labute approximate surface area is 106 Å². The first-order valence-electron chi connectivity index (χ1n) is 6.24. The van der Waals surface area contributed by atoms with Gasteiger partial charge < -0.3 is 15.0 Å². The van der Waals surface area contributed by atoms with Crippen molar-refractivity contribution in [3.8, 4) is 5.75 Å². The van der Waals surface area contributed by atoms with E-state index in [1.165, 1.54) is 5.56 Å². The third-order valence-electron chi connectivity index (χ3n) is 3.33. The van der Waals surface area contributed by atoms with Gasteiger partial charge in [-0.05, 0) is 18.6 Å². The summed E-state index contributed by atoms with van der Waals surface area (Å²) in [7, 11) is 0. The summed E-state index contributed by atoms with van der Waals surface area (Å²) in [6.45, 7) is 2.77. The van der Waals surface area contributed by atoms with Crippen molar-refractivity contribution in [1.82, 2.24) is 9.55 Å². The molecule has 0 amide bonds. The maximum Gasteiger partial charge on any atom is 0.123 e. The molecule has 18 heavy (non-hydrogen) atoms. The lowest BCUT2D eigenvalue weighted by atomic mass is 10.1. The van der Waals surface area contributed by atoms with Crippen LogP contribution in [0.4, 0.5) is 0 Å². The molecule has 3 rings (SSSR count). The van der Waals surface area contributed by atoms with Gasteiger partial charge in [0.15, 0.2) is 0 Å². The number of para-hydroxylation sites is 1. The highest BCUT2D eigenvalue weighted by molar-refractivity contribution is 5.37. The number of ether oxygens (including phenoxy) is 1. The van der Waals surface area contributed by atoms with Crippen molar-refractivity contribution < 1.29 is 4.74 Å². The lowest BCUT2D eigenvalue weighted by Crippen LogP contribution is -2.23. The summed E-state index contributed by atoms with van der Waals surface area (Å²) in [5, 5.41) is 0. The second kappa shape index (κ2) is 4.46. The van der Waals surface area contributed by atoms with E-state index in [1.807, 2.05) is 31.6 Å². The molecule has 2 heterocycles. The van der Waals surface area contributed by atoms with Gasteiger partial charge in [0.05, 0.1) is 18.6 Å². The van der Waals surface area contributed by atoms with Gasteiger partial charge >= 0.3 is 0 Å². The van der Waals surface area contributed by atoms with Crippen molar-refractivity contribution >= 4 is 0 Å². The summed E-state index contributed by atoms with van der Waals surface area (Å²) in [6.07, 6.45) is 4.78. The first-order chi connectivity index (χ1) is 8.74. The fourth-order valence-electron chi connectivity index (χ4n) is 2.44. The molecule has 2 atom stereocenters. The molecule has 2 aromatic rings. The third kappa shape index (κ3) is 1.99. The average molecular weight is 243 g/mol. The van der Waals surface area contributed by atoms with Crippen LogP contribution in [0.2, 0.25) is 0 Å². The zero-order chi connectivity index (χ0) is 12.5. The Hall–Kier alpha value is -1.81. The van der Waals surface area contributed by atoms with Crippen LogP contribution in [0.5, 0.6) is 5.75 Å². The Morgan fingerprint density at radius 1 is 1.50 bits per heavy atom. The lowest BCUT2D eigenvalue weighted by molar-refractivity contribution is 0.207. The fraction of sp³-hybridized carbons (Fsp3) is 0.357. The molecular formula is C14H17N3O. The number of hydrogen-bond donors (Lipinski definition) is 1. The van der Waals surface area contributed by atoms with Gasteiger partial charge in [0.2, 0.25) is 0 Å². The Balaban J connectivity index is 1.74. The normalized spacial score (nSPS) is 19.3. The molecular weight excluding hydrogens is 226 g/mol. The van der Waals surface area contributed by atoms with E-state index in [1.54, 1.807) is 0 Å². The molecule has 1 aromatic carbocycles. The van der Waals surface area contributed by atoms with Crippen molar-refractivity contribution in [2.24, 2.45) is 5.73 Å². The van der Waals surface area contributed by atoms with E-state index in [0.29, 0.717) is 0 Å². The van der Waals surface area contributed by atoms with E-state index < -0.39 is 0 Å². The van der Waals surface area contributed by atoms with Crippen LogP contribution < -0.4 is 10.5 Å². The van der Waals surface area contributed by atoms with E-state index in [-0.39, 0.29) is 12.1 Å². The molecule has 94 valence electrons. The zero-order valence-electron chi connectivity index (χ0n) is 10.4. The van der Waals surface area contributed by atoms with E-state index in [9.17, 15) is 0 Å². The van der Waals surface area contributed by atoms with Crippen LogP contribution in [-0.2, 0) is 13.0 Å². The highest BCUT2D eigenvalue weighted by Crippen LogP contribution is 2.29. The van der Waals surface area contributed by atoms with E-state index in [4.69, 9.17) is 10.5 Å². The minimum absolute atomic E-state index is 0.00345. The predicted molar refractivity (Wildman–Crippen MR) is 69.4 cm³/mol. The largest absolute Gasteiger partial charge is 0.488 e. The highest BCUT2D eigenvalue weighted by Gasteiger charge is 2.23. The average Bonchev–Trinajstić information content (AvgIpc) is 2.94. The van der Waals surface area contributed by atoms with E-state index in [0.717, 1.165) is 24.4 Å². The number of fused-ring (bicyclic) bond motifs is 1. The van der Waals surface area contributed by atoms with Gasteiger partial charge in [-0.3, -0.25) is 0 Å². The minimum atomic E-state index is -0.00345. The molecule has 1 aromatic heterocycles. The van der Waals surface area contributed by atoms with Crippen LogP contribution in [0.15, 0.2) is 36.8 Å². The molecule has 0 saturated carbocycles. The number of aromatic nitrogens is 2. The smallest absolute Gasteiger partial charge is 0.123 e. The van der Waals surface area contributed by atoms with Crippen LogP contribution in [-0.4, -0.2) is 15.7 Å². The number of nitrogens with zero attached hydrogens (tertiary/aromatic N) is 2. The van der Waals surface area contributed by atoms with Crippen LogP contribution in [0.25, 0.3) is 0 Å². The lowest BCUT2D eigenvalue weighted by Gasteiger charge is -2.15. The molecule has 4 heteroatoms. The molecule has 0 radical (unpaired) electrons. The monoisotopic (exact) mass is 243 g/mol. The summed E-state index contributed by atoms with van der Waals surface area (Å²) >= 11 is 0. The zero-order valence-corrected chi connectivity index (χ0v) is 10.4. The van der Waals surface area contributed by atoms with Gasteiger partial charge in [-0.25, -0.2) is 4.98 Å². The van der Waals surface area contributed by atoms with Crippen molar-refractivity contribution in [3.63, 3.8) is 0 Å². The fourth-order valence-corrected chi connectivity index (χ4v) is 2.44. The molecule has 2 N–H and O–H groups in total. The Morgan fingerprint density at radius 2 is 2.33 bits per heavy atom. The number of rotatable bonds is 3. The second-order valence-electron chi connectivity index (χ2n) is 4.81. The SMILES string of the molecule is CC(N)c1cncn1CC1Cc2ccccc2O1. The van der Waals surface area contributed by atoms with Crippen LogP contribution in [0.3, 0.4) is 0 Å². The number of benzene rings is 1. The van der Waals surface area contributed by atoms with E-state index >= 15 is 0 Å². The Morgan fingerprint density at radius 3 is 3.11 bits per heavy atom. The first-order valence-corrected chi connectivity index (χ1v) is 6.24. The summed E-state index contributed by atoms with van der Waals surface area (Å²) < 4.78 is 8.01. The molecule has 0 aliphatic carbocycles. The molecule has 0 bridgehead atoms. The van der Waals surface area contributed by atoms with Crippen LogP contribution in [0.1, 0.15) is 24.2 Å². The minimum Gasteiger partial charge on any atom is -0.488 e. The van der Waals surface area contributed by atoms with Crippen molar-refractivity contribution in [2.45, 2.75) is 32.0 Å². The molecule has 2 unspecified atom stereocenters. The second-order valence-corrected chi connectivity index (χ2v) is 4.81.